The summed E-state index contributed by atoms with van der Waals surface area (Å²) >= 11 is 5.49. The van der Waals surface area contributed by atoms with E-state index < -0.39 is 0 Å². The van der Waals surface area contributed by atoms with Crippen molar-refractivity contribution < 1.29 is 0 Å². The number of fused-ring (bicyclic) bond motifs is 1. The molecule has 0 bridgehead atoms. The summed E-state index contributed by atoms with van der Waals surface area (Å²) in [5.41, 5.74) is 1.54. The highest BCUT2D eigenvalue weighted by atomic mass is 79.9. The van der Waals surface area contributed by atoms with Crippen molar-refractivity contribution in [2.24, 2.45) is 0 Å². The van der Waals surface area contributed by atoms with Gasteiger partial charge in [-0.05, 0) is 60.3 Å². The average molecular weight is 287 g/mol. The van der Waals surface area contributed by atoms with Crippen molar-refractivity contribution in [1.29, 1.82) is 0 Å². The van der Waals surface area contributed by atoms with Gasteiger partial charge in [-0.1, -0.05) is 6.92 Å². The molecule has 0 fully saturated rings. The molecule has 0 spiro atoms. The Morgan fingerprint density at radius 2 is 2.47 bits per heavy atom. The maximum atomic E-state index is 4.03. The molecule has 3 heteroatoms. The van der Waals surface area contributed by atoms with Crippen LogP contribution in [0.15, 0.2) is 9.85 Å². The Bertz CT molecular complexity index is 334. The van der Waals surface area contributed by atoms with E-state index in [-0.39, 0.29) is 0 Å². The standard InChI is InChI=1S/C12H17BrNS/c1-3-10-8-11-9(7-12(13)15-11)5-6-14(10)4-2/h7,10H,2-6,8H2,1H3. The summed E-state index contributed by atoms with van der Waals surface area (Å²) in [7, 11) is 0. The molecule has 1 nitrogen and oxygen atoms in total. The molecule has 0 saturated carbocycles. The first-order chi connectivity index (χ1) is 7.24. The third-order valence-corrected chi connectivity index (χ3v) is 4.93. The Hall–Kier alpha value is 0.140. The fraction of sp³-hybridized carbons (Fsp3) is 0.583. The van der Waals surface area contributed by atoms with Crippen LogP contribution in [0.25, 0.3) is 0 Å². The highest BCUT2D eigenvalue weighted by molar-refractivity contribution is 9.11. The molecule has 83 valence electrons. The Balaban J connectivity index is 2.22. The van der Waals surface area contributed by atoms with Crippen LogP contribution in [0.3, 0.4) is 0 Å². The predicted molar refractivity (Wildman–Crippen MR) is 70.4 cm³/mol. The summed E-state index contributed by atoms with van der Waals surface area (Å²) in [6.07, 6.45) is 3.62. The molecular formula is C12H17BrNS. The van der Waals surface area contributed by atoms with E-state index in [1.54, 1.807) is 10.4 Å². The number of nitrogens with zero attached hydrogens (tertiary/aromatic N) is 1. The lowest BCUT2D eigenvalue weighted by atomic mass is 10.1. The topological polar surface area (TPSA) is 3.24 Å². The highest BCUT2D eigenvalue weighted by Gasteiger charge is 2.22. The second-order valence-electron chi connectivity index (χ2n) is 4.05. The zero-order valence-corrected chi connectivity index (χ0v) is 11.5. The van der Waals surface area contributed by atoms with Crippen LogP contribution in [-0.2, 0) is 12.8 Å². The van der Waals surface area contributed by atoms with Gasteiger partial charge in [0, 0.05) is 17.5 Å². The Morgan fingerprint density at radius 1 is 1.67 bits per heavy atom. The molecule has 1 aromatic heterocycles. The SMILES string of the molecule is [CH2]CN1CCc2cc(Br)sc2CC1CC. The second-order valence-corrected chi connectivity index (χ2v) is 6.57. The molecule has 2 heterocycles. The van der Waals surface area contributed by atoms with E-state index in [0.717, 1.165) is 13.1 Å². The molecule has 0 saturated heterocycles. The van der Waals surface area contributed by atoms with Gasteiger partial charge in [0.15, 0.2) is 0 Å². The molecule has 1 unspecified atom stereocenters. The van der Waals surface area contributed by atoms with Gasteiger partial charge in [0.2, 0.25) is 0 Å². The first-order valence-corrected chi connectivity index (χ1v) is 7.16. The molecule has 0 amide bonds. The van der Waals surface area contributed by atoms with Crippen LogP contribution in [-0.4, -0.2) is 24.0 Å². The number of hydrogen-bond acceptors (Lipinski definition) is 2. The number of thiophene rings is 1. The summed E-state index contributed by atoms with van der Waals surface area (Å²) in [6, 6.07) is 2.98. The van der Waals surface area contributed by atoms with Gasteiger partial charge < -0.3 is 0 Å². The number of rotatable bonds is 2. The van der Waals surface area contributed by atoms with Crippen molar-refractivity contribution in [2.75, 3.05) is 13.1 Å². The Kier molecular flexibility index (Phi) is 3.86. The summed E-state index contributed by atoms with van der Waals surface area (Å²) in [5.74, 6) is 0. The van der Waals surface area contributed by atoms with Crippen molar-refractivity contribution >= 4 is 27.3 Å². The Morgan fingerprint density at radius 3 is 3.13 bits per heavy atom. The molecule has 1 radical (unpaired) electrons. The summed E-state index contributed by atoms with van der Waals surface area (Å²) in [6.45, 7) is 8.42. The van der Waals surface area contributed by atoms with Gasteiger partial charge in [-0.3, -0.25) is 4.90 Å². The third kappa shape index (κ3) is 2.45. The lowest BCUT2D eigenvalue weighted by molar-refractivity contribution is 0.219. The summed E-state index contributed by atoms with van der Waals surface area (Å²) in [5, 5.41) is 0. The van der Waals surface area contributed by atoms with Gasteiger partial charge >= 0.3 is 0 Å². The van der Waals surface area contributed by atoms with Gasteiger partial charge in [0.25, 0.3) is 0 Å². The van der Waals surface area contributed by atoms with Crippen molar-refractivity contribution in [3.05, 3.63) is 27.2 Å². The first-order valence-electron chi connectivity index (χ1n) is 5.55. The maximum absolute atomic E-state index is 4.03. The second kappa shape index (κ2) is 4.98. The van der Waals surface area contributed by atoms with Crippen LogP contribution in [0, 0.1) is 6.92 Å². The van der Waals surface area contributed by atoms with E-state index in [1.165, 1.54) is 23.0 Å². The van der Waals surface area contributed by atoms with Crippen LogP contribution < -0.4 is 0 Å². The summed E-state index contributed by atoms with van der Waals surface area (Å²) < 4.78 is 1.28. The minimum absolute atomic E-state index is 0.689. The fourth-order valence-electron chi connectivity index (χ4n) is 2.30. The van der Waals surface area contributed by atoms with Crippen molar-refractivity contribution in [2.45, 2.75) is 32.2 Å². The van der Waals surface area contributed by atoms with E-state index >= 15 is 0 Å². The molecule has 15 heavy (non-hydrogen) atoms. The Labute approximate surface area is 105 Å². The zero-order chi connectivity index (χ0) is 10.8. The number of hydrogen-bond donors (Lipinski definition) is 0. The zero-order valence-electron chi connectivity index (χ0n) is 9.13. The molecule has 1 aliphatic heterocycles. The summed E-state index contributed by atoms with van der Waals surface area (Å²) in [4.78, 5) is 4.09. The van der Waals surface area contributed by atoms with Gasteiger partial charge in [-0.25, -0.2) is 0 Å². The largest absolute Gasteiger partial charge is 0.300 e. The van der Waals surface area contributed by atoms with E-state index in [1.807, 2.05) is 11.3 Å². The fourth-order valence-corrected chi connectivity index (χ4v) is 4.17. The van der Waals surface area contributed by atoms with Gasteiger partial charge in [-0.15, -0.1) is 11.3 Å². The molecular weight excluding hydrogens is 270 g/mol. The van der Waals surface area contributed by atoms with Crippen LogP contribution >= 0.6 is 27.3 Å². The molecule has 2 rings (SSSR count). The van der Waals surface area contributed by atoms with E-state index in [4.69, 9.17) is 0 Å². The minimum atomic E-state index is 0.689. The monoisotopic (exact) mass is 286 g/mol. The predicted octanol–water partition coefficient (Wildman–Crippen LogP) is 3.52. The lowest BCUT2D eigenvalue weighted by Crippen LogP contribution is -2.36. The average Bonchev–Trinajstić information content (AvgIpc) is 2.49. The minimum Gasteiger partial charge on any atom is -0.300 e. The normalized spacial score (nSPS) is 22.5. The first kappa shape index (κ1) is 11.6. The lowest BCUT2D eigenvalue weighted by Gasteiger charge is -2.27. The third-order valence-electron chi connectivity index (χ3n) is 3.23. The van der Waals surface area contributed by atoms with Crippen molar-refractivity contribution in [3.8, 4) is 0 Å². The van der Waals surface area contributed by atoms with Gasteiger partial charge in [-0.2, -0.15) is 0 Å². The molecule has 1 aliphatic rings. The highest BCUT2D eigenvalue weighted by Crippen LogP contribution is 2.32. The van der Waals surface area contributed by atoms with Gasteiger partial charge in [0.05, 0.1) is 3.79 Å². The molecule has 1 aromatic rings. The van der Waals surface area contributed by atoms with Gasteiger partial charge in [0.1, 0.15) is 0 Å². The maximum Gasteiger partial charge on any atom is 0.0704 e. The molecule has 0 N–H and O–H groups in total. The van der Waals surface area contributed by atoms with E-state index in [9.17, 15) is 0 Å². The quantitative estimate of drug-likeness (QED) is 0.804. The molecule has 1 atom stereocenters. The van der Waals surface area contributed by atoms with Crippen molar-refractivity contribution in [3.63, 3.8) is 0 Å². The van der Waals surface area contributed by atoms with E-state index in [2.05, 4.69) is 40.7 Å². The van der Waals surface area contributed by atoms with Crippen LogP contribution in [0.2, 0.25) is 0 Å². The van der Waals surface area contributed by atoms with Crippen LogP contribution in [0.1, 0.15) is 23.8 Å². The van der Waals surface area contributed by atoms with Crippen LogP contribution in [0.5, 0.6) is 0 Å². The smallest absolute Gasteiger partial charge is 0.0704 e. The molecule has 0 aromatic carbocycles. The number of halogens is 1. The van der Waals surface area contributed by atoms with E-state index in [0.29, 0.717) is 6.04 Å². The molecule has 0 aliphatic carbocycles. The van der Waals surface area contributed by atoms with Crippen molar-refractivity contribution in [1.82, 2.24) is 4.90 Å². The van der Waals surface area contributed by atoms with Crippen LogP contribution in [0.4, 0.5) is 0 Å².